The Morgan fingerprint density at radius 2 is 1.56 bits per heavy atom. The molecule has 0 N–H and O–H groups in total. The number of benzene rings is 2. The highest BCUT2D eigenvalue weighted by Gasteiger charge is 1.96. The van der Waals surface area contributed by atoms with Crippen molar-refractivity contribution >= 4 is 11.9 Å². The van der Waals surface area contributed by atoms with Gasteiger partial charge in [0.1, 0.15) is 11.6 Å². The molecule has 0 amide bonds. The molecule has 0 unspecified atom stereocenters. The highest BCUT2D eigenvalue weighted by molar-refractivity contribution is 5.82. The van der Waals surface area contributed by atoms with Crippen LogP contribution in [0.2, 0.25) is 0 Å². The molecule has 0 heterocycles. The summed E-state index contributed by atoms with van der Waals surface area (Å²) in [7, 11) is 0. The fourth-order valence-electron chi connectivity index (χ4n) is 1.25. The van der Waals surface area contributed by atoms with Gasteiger partial charge in [0.05, 0.1) is 5.69 Å². The first kappa shape index (κ1) is 10.5. The average molecular weight is 217 g/mol. The lowest BCUT2D eigenvalue weighted by molar-refractivity contribution is 0.625. The van der Waals surface area contributed by atoms with Gasteiger partial charge >= 0.3 is 0 Å². The van der Waals surface area contributed by atoms with E-state index in [-0.39, 0.29) is 11.6 Å². The standard InChI is InChI=1S/C13H9F2N/c14-11-5-7-12(8-6-11)16-9-10-3-1-2-4-13(10)15/h1-9H. The Bertz CT molecular complexity index is 504. The van der Waals surface area contributed by atoms with E-state index in [4.69, 9.17) is 0 Å². The monoisotopic (exact) mass is 217 g/mol. The molecule has 0 aliphatic carbocycles. The van der Waals surface area contributed by atoms with Crippen LogP contribution in [0.5, 0.6) is 0 Å². The van der Waals surface area contributed by atoms with Gasteiger partial charge in [-0.1, -0.05) is 18.2 Å². The van der Waals surface area contributed by atoms with E-state index in [2.05, 4.69) is 4.99 Å². The largest absolute Gasteiger partial charge is 0.256 e. The van der Waals surface area contributed by atoms with Gasteiger partial charge in [-0.15, -0.1) is 0 Å². The summed E-state index contributed by atoms with van der Waals surface area (Å²) in [6, 6.07) is 12.0. The van der Waals surface area contributed by atoms with Gasteiger partial charge < -0.3 is 0 Å². The normalized spacial score (nSPS) is 10.9. The van der Waals surface area contributed by atoms with E-state index in [1.807, 2.05) is 0 Å². The predicted octanol–water partition coefficient (Wildman–Crippen LogP) is 3.72. The number of aliphatic imine (C=N–C) groups is 1. The molecular formula is C13H9F2N. The lowest BCUT2D eigenvalue weighted by atomic mass is 10.2. The Morgan fingerprint density at radius 1 is 0.875 bits per heavy atom. The molecule has 3 heteroatoms. The van der Waals surface area contributed by atoms with E-state index in [1.165, 1.54) is 36.5 Å². The molecule has 2 aromatic carbocycles. The lowest BCUT2D eigenvalue weighted by Gasteiger charge is -1.95. The maximum absolute atomic E-state index is 13.2. The molecule has 0 spiro atoms. The van der Waals surface area contributed by atoms with Crippen LogP contribution in [-0.4, -0.2) is 6.21 Å². The molecule has 0 aliphatic rings. The zero-order chi connectivity index (χ0) is 11.4. The molecule has 16 heavy (non-hydrogen) atoms. The quantitative estimate of drug-likeness (QED) is 0.680. The summed E-state index contributed by atoms with van der Waals surface area (Å²) >= 11 is 0. The summed E-state index contributed by atoms with van der Waals surface area (Å²) in [5.41, 5.74) is 0.997. The van der Waals surface area contributed by atoms with E-state index in [1.54, 1.807) is 18.2 Å². The van der Waals surface area contributed by atoms with Crippen molar-refractivity contribution in [1.29, 1.82) is 0 Å². The summed E-state index contributed by atoms with van der Waals surface area (Å²) < 4.78 is 25.8. The number of hydrogen-bond donors (Lipinski definition) is 0. The van der Waals surface area contributed by atoms with Crippen LogP contribution in [0.1, 0.15) is 5.56 Å². The molecule has 0 fully saturated rings. The zero-order valence-corrected chi connectivity index (χ0v) is 8.40. The third-order valence-electron chi connectivity index (χ3n) is 2.08. The predicted molar refractivity (Wildman–Crippen MR) is 60.1 cm³/mol. The Labute approximate surface area is 92.1 Å². The second-order valence-corrected chi connectivity index (χ2v) is 3.26. The SMILES string of the molecule is Fc1ccc(N=Cc2ccccc2F)cc1. The molecule has 80 valence electrons. The Morgan fingerprint density at radius 3 is 2.25 bits per heavy atom. The van der Waals surface area contributed by atoms with Crippen molar-refractivity contribution in [2.24, 2.45) is 4.99 Å². The number of halogens is 2. The van der Waals surface area contributed by atoms with Crippen molar-refractivity contribution < 1.29 is 8.78 Å². The van der Waals surface area contributed by atoms with Crippen LogP contribution in [0.15, 0.2) is 53.5 Å². The minimum Gasteiger partial charge on any atom is -0.256 e. The molecule has 2 rings (SSSR count). The van der Waals surface area contributed by atoms with Crippen LogP contribution < -0.4 is 0 Å². The van der Waals surface area contributed by atoms with Gasteiger partial charge in [0.15, 0.2) is 0 Å². The van der Waals surface area contributed by atoms with Crippen LogP contribution in [0.25, 0.3) is 0 Å². The second-order valence-electron chi connectivity index (χ2n) is 3.26. The molecule has 0 aliphatic heterocycles. The third kappa shape index (κ3) is 2.51. The minimum atomic E-state index is -0.326. The van der Waals surface area contributed by atoms with Crippen LogP contribution in [-0.2, 0) is 0 Å². The summed E-state index contributed by atoms with van der Waals surface area (Å²) in [4.78, 5) is 4.05. The van der Waals surface area contributed by atoms with Gasteiger partial charge in [0, 0.05) is 11.8 Å². The fourth-order valence-corrected chi connectivity index (χ4v) is 1.25. The van der Waals surface area contributed by atoms with Crippen molar-refractivity contribution in [2.75, 3.05) is 0 Å². The second kappa shape index (κ2) is 4.66. The Balaban J connectivity index is 2.21. The highest BCUT2D eigenvalue weighted by Crippen LogP contribution is 2.12. The van der Waals surface area contributed by atoms with E-state index in [0.717, 1.165) is 0 Å². The Kier molecular flexibility index (Phi) is 3.05. The molecule has 0 saturated heterocycles. The van der Waals surface area contributed by atoms with Gasteiger partial charge in [0.2, 0.25) is 0 Å². The molecule has 1 nitrogen and oxygen atoms in total. The minimum absolute atomic E-state index is 0.315. The van der Waals surface area contributed by atoms with Crippen LogP contribution in [0.4, 0.5) is 14.5 Å². The van der Waals surface area contributed by atoms with E-state index in [0.29, 0.717) is 11.3 Å². The fraction of sp³-hybridized carbons (Fsp3) is 0. The Hall–Kier alpha value is -2.03. The van der Waals surface area contributed by atoms with Crippen molar-refractivity contribution in [2.45, 2.75) is 0 Å². The maximum atomic E-state index is 13.2. The average Bonchev–Trinajstić information content (AvgIpc) is 2.30. The number of hydrogen-bond acceptors (Lipinski definition) is 1. The molecule has 0 atom stereocenters. The number of rotatable bonds is 2. The van der Waals surface area contributed by atoms with Crippen molar-refractivity contribution in [3.8, 4) is 0 Å². The summed E-state index contributed by atoms with van der Waals surface area (Å²) in [5, 5.41) is 0. The maximum Gasteiger partial charge on any atom is 0.131 e. The molecule has 0 aromatic heterocycles. The summed E-state index contributed by atoms with van der Waals surface area (Å²) in [6.45, 7) is 0. The van der Waals surface area contributed by atoms with Crippen molar-refractivity contribution in [3.63, 3.8) is 0 Å². The molecule has 0 saturated carbocycles. The lowest BCUT2D eigenvalue weighted by Crippen LogP contribution is -1.85. The molecular weight excluding hydrogens is 208 g/mol. The van der Waals surface area contributed by atoms with E-state index < -0.39 is 0 Å². The van der Waals surface area contributed by atoms with Crippen LogP contribution in [0, 0.1) is 11.6 Å². The van der Waals surface area contributed by atoms with Gasteiger partial charge in [0.25, 0.3) is 0 Å². The van der Waals surface area contributed by atoms with Crippen molar-refractivity contribution in [3.05, 3.63) is 65.7 Å². The van der Waals surface area contributed by atoms with Gasteiger partial charge in [-0.3, -0.25) is 4.99 Å². The smallest absolute Gasteiger partial charge is 0.131 e. The van der Waals surface area contributed by atoms with Gasteiger partial charge in [-0.25, -0.2) is 8.78 Å². The first-order chi connectivity index (χ1) is 7.75. The summed E-state index contributed by atoms with van der Waals surface area (Å²) in [6.07, 6.45) is 1.42. The van der Waals surface area contributed by atoms with Gasteiger partial charge in [-0.05, 0) is 30.3 Å². The zero-order valence-electron chi connectivity index (χ0n) is 8.40. The summed E-state index contributed by atoms with van der Waals surface area (Å²) in [5.74, 6) is -0.641. The van der Waals surface area contributed by atoms with Gasteiger partial charge in [-0.2, -0.15) is 0 Å². The number of nitrogens with zero attached hydrogens (tertiary/aromatic N) is 1. The van der Waals surface area contributed by atoms with E-state index >= 15 is 0 Å². The van der Waals surface area contributed by atoms with E-state index in [9.17, 15) is 8.78 Å². The molecule has 0 radical (unpaired) electrons. The molecule has 0 bridgehead atoms. The third-order valence-corrected chi connectivity index (χ3v) is 2.08. The first-order valence-electron chi connectivity index (χ1n) is 4.80. The first-order valence-corrected chi connectivity index (χ1v) is 4.80. The van der Waals surface area contributed by atoms with Crippen LogP contribution >= 0.6 is 0 Å². The topological polar surface area (TPSA) is 12.4 Å². The highest BCUT2D eigenvalue weighted by atomic mass is 19.1. The van der Waals surface area contributed by atoms with Crippen LogP contribution in [0.3, 0.4) is 0 Å². The van der Waals surface area contributed by atoms with Crippen molar-refractivity contribution in [1.82, 2.24) is 0 Å². The molecule has 2 aromatic rings.